The Bertz CT molecular complexity index is 928. The number of nitrogens with one attached hydrogen (secondary N) is 1. The van der Waals surface area contributed by atoms with Crippen molar-refractivity contribution in [2.75, 3.05) is 5.32 Å². The van der Waals surface area contributed by atoms with Crippen molar-refractivity contribution in [1.82, 2.24) is 9.78 Å². The van der Waals surface area contributed by atoms with Gasteiger partial charge < -0.3 is 5.32 Å². The SMILES string of the molecule is O=C(Nc1c(F)ccc(Br)c1F)c1c(F)cnn1Cc1ccccc1. The van der Waals surface area contributed by atoms with E-state index in [1.165, 1.54) is 6.07 Å². The van der Waals surface area contributed by atoms with Gasteiger partial charge in [-0.05, 0) is 33.6 Å². The molecule has 4 nitrogen and oxygen atoms in total. The molecule has 0 spiro atoms. The molecule has 25 heavy (non-hydrogen) atoms. The number of rotatable bonds is 4. The molecule has 0 bridgehead atoms. The first-order valence-corrected chi connectivity index (χ1v) is 7.96. The molecule has 0 saturated carbocycles. The summed E-state index contributed by atoms with van der Waals surface area (Å²) in [4.78, 5) is 12.4. The number of amides is 1. The zero-order valence-electron chi connectivity index (χ0n) is 12.6. The van der Waals surface area contributed by atoms with E-state index in [0.717, 1.165) is 22.5 Å². The van der Waals surface area contributed by atoms with Crippen LogP contribution in [0.3, 0.4) is 0 Å². The second-order valence-electron chi connectivity index (χ2n) is 5.16. The maximum Gasteiger partial charge on any atom is 0.277 e. The number of halogens is 4. The van der Waals surface area contributed by atoms with Gasteiger partial charge in [0.05, 0.1) is 17.2 Å². The molecule has 1 aromatic heterocycles. The van der Waals surface area contributed by atoms with Crippen molar-refractivity contribution in [3.63, 3.8) is 0 Å². The summed E-state index contributed by atoms with van der Waals surface area (Å²) in [6.07, 6.45) is 0.880. The van der Waals surface area contributed by atoms with E-state index in [1.54, 1.807) is 24.3 Å². The molecule has 128 valence electrons. The largest absolute Gasteiger partial charge is 0.316 e. The molecular weight excluding hydrogens is 399 g/mol. The maximum absolute atomic E-state index is 14.0. The highest BCUT2D eigenvalue weighted by molar-refractivity contribution is 9.10. The predicted octanol–water partition coefficient (Wildman–Crippen LogP) is 4.36. The molecule has 0 saturated heterocycles. The molecule has 1 heterocycles. The number of benzene rings is 2. The van der Waals surface area contributed by atoms with Gasteiger partial charge in [-0.3, -0.25) is 9.48 Å². The van der Waals surface area contributed by atoms with E-state index in [2.05, 4.69) is 26.3 Å². The van der Waals surface area contributed by atoms with E-state index in [0.29, 0.717) is 0 Å². The van der Waals surface area contributed by atoms with Crippen LogP contribution in [0.5, 0.6) is 0 Å². The zero-order valence-corrected chi connectivity index (χ0v) is 14.2. The monoisotopic (exact) mass is 409 g/mol. The number of carbonyl (C=O) groups excluding carboxylic acids is 1. The lowest BCUT2D eigenvalue weighted by Crippen LogP contribution is -2.21. The van der Waals surface area contributed by atoms with Crippen molar-refractivity contribution in [2.24, 2.45) is 0 Å². The van der Waals surface area contributed by atoms with Gasteiger partial charge >= 0.3 is 0 Å². The molecule has 0 unspecified atom stereocenters. The minimum atomic E-state index is -0.998. The molecule has 0 atom stereocenters. The maximum atomic E-state index is 14.0. The molecule has 2 aromatic carbocycles. The van der Waals surface area contributed by atoms with Crippen molar-refractivity contribution in [2.45, 2.75) is 6.54 Å². The normalized spacial score (nSPS) is 10.7. The van der Waals surface area contributed by atoms with Crippen molar-refractivity contribution < 1.29 is 18.0 Å². The van der Waals surface area contributed by atoms with Gasteiger partial charge in [0.25, 0.3) is 5.91 Å². The predicted molar refractivity (Wildman–Crippen MR) is 89.7 cm³/mol. The highest BCUT2D eigenvalue weighted by atomic mass is 79.9. The van der Waals surface area contributed by atoms with Crippen LogP contribution in [0.2, 0.25) is 0 Å². The Balaban J connectivity index is 1.91. The highest BCUT2D eigenvalue weighted by Gasteiger charge is 2.22. The first kappa shape index (κ1) is 17.2. The van der Waals surface area contributed by atoms with Crippen molar-refractivity contribution in [3.05, 3.63) is 81.8 Å². The lowest BCUT2D eigenvalue weighted by Gasteiger charge is -2.11. The van der Waals surface area contributed by atoms with Crippen LogP contribution in [-0.4, -0.2) is 15.7 Å². The molecule has 3 rings (SSSR count). The molecule has 8 heteroatoms. The van der Waals surface area contributed by atoms with Crippen molar-refractivity contribution in [1.29, 1.82) is 0 Å². The molecule has 0 aliphatic rings. The van der Waals surface area contributed by atoms with Gasteiger partial charge in [0, 0.05) is 0 Å². The fourth-order valence-corrected chi connectivity index (χ4v) is 2.61. The lowest BCUT2D eigenvalue weighted by molar-refractivity contribution is 0.101. The zero-order chi connectivity index (χ0) is 18.0. The molecule has 0 aliphatic carbocycles. The standard InChI is InChI=1S/C17H11BrF3N3O/c18-11-6-7-12(19)15(14(11)21)23-17(25)16-13(20)8-22-24(16)9-10-4-2-1-3-5-10/h1-8H,9H2,(H,23,25). The number of aromatic nitrogens is 2. The Labute approximate surface area is 149 Å². The van der Waals surface area contributed by atoms with Crippen molar-refractivity contribution in [3.8, 4) is 0 Å². The summed E-state index contributed by atoms with van der Waals surface area (Å²) in [5, 5.41) is 5.89. The summed E-state index contributed by atoms with van der Waals surface area (Å²) >= 11 is 2.91. The van der Waals surface area contributed by atoms with Crippen LogP contribution in [-0.2, 0) is 6.54 Å². The van der Waals surface area contributed by atoms with E-state index in [1.807, 2.05) is 6.07 Å². The van der Waals surface area contributed by atoms with Crippen LogP contribution >= 0.6 is 15.9 Å². The highest BCUT2D eigenvalue weighted by Crippen LogP contribution is 2.26. The average Bonchev–Trinajstić information content (AvgIpc) is 2.96. The number of nitrogens with zero attached hydrogens (tertiary/aromatic N) is 2. The summed E-state index contributed by atoms with van der Waals surface area (Å²) in [7, 11) is 0. The average molecular weight is 410 g/mol. The summed E-state index contributed by atoms with van der Waals surface area (Å²) in [5.41, 5.74) is -0.284. The van der Waals surface area contributed by atoms with Gasteiger partial charge in [-0.2, -0.15) is 5.10 Å². The third-order valence-corrected chi connectivity index (χ3v) is 4.08. The first-order valence-electron chi connectivity index (χ1n) is 7.17. The summed E-state index contributed by atoms with van der Waals surface area (Å²) in [6, 6.07) is 11.1. The second-order valence-corrected chi connectivity index (χ2v) is 6.01. The molecule has 3 aromatic rings. The van der Waals surface area contributed by atoms with E-state index in [-0.39, 0.29) is 11.0 Å². The van der Waals surface area contributed by atoms with Gasteiger partial charge in [-0.15, -0.1) is 0 Å². The first-order chi connectivity index (χ1) is 12.0. The topological polar surface area (TPSA) is 46.9 Å². The third-order valence-electron chi connectivity index (χ3n) is 3.47. The number of anilines is 1. The minimum Gasteiger partial charge on any atom is -0.316 e. The number of hydrogen-bond donors (Lipinski definition) is 1. The molecule has 1 amide bonds. The minimum absolute atomic E-state index is 0.0255. The molecule has 0 fully saturated rings. The van der Waals surface area contributed by atoms with Crippen LogP contribution in [0.1, 0.15) is 16.1 Å². The Morgan fingerprint density at radius 3 is 2.52 bits per heavy atom. The van der Waals surface area contributed by atoms with Crippen LogP contribution in [0.4, 0.5) is 18.9 Å². The Kier molecular flexibility index (Phi) is 4.89. The molecular formula is C17H11BrF3N3O. The van der Waals surface area contributed by atoms with Crippen LogP contribution < -0.4 is 5.32 Å². The Morgan fingerprint density at radius 1 is 1.08 bits per heavy atom. The summed E-state index contributed by atoms with van der Waals surface area (Å²) in [5.74, 6) is -3.84. The van der Waals surface area contributed by atoms with Gasteiger partial charge in [-0.1, -0.05) is 30.3 Å². The van der Waals surface area contributed by atoms with Gasteiger partial charge in [-0.25, -0.2) is 13.2 Å². The summed E-state index contributed by atoms with van der Waals surface area (Å²) in [6.45, 7) is 0.136. The smallest absolute Gasteiger partial charge is 0.277 e. The van der Waals surface area contributed by atoms with E-state index in [4.69, 9.17) is 0 Å². The summed E-state index contributed by atoms with van der Waals surface area (Å²) < 4.78 is 42.9. The van der Waals surface area contributed by atoms with Gasteiger partial charge in [0.15, 0.2) is 17.3 Å². The van der Waals surface area contributed by atoms with Crippen LogP contribution in [0.15, 0.2) is 53.1 Å². The van der Waals surface area contributed by atoms with E-state index in [9.17, 15) is 18.0 Å². The van der Waals surface area contributed by atoms with Crippen LogP contribution in [0, 0.1) is 17.5 Å². The Morgan fingerprint density at radius 2 is 1.80 bits per heavy atom. The van der Waals surface area contributed by atoms with Crippen LogP contribution in [0.25, 0.3) is 0 Å². The fourth-order valence-electron chi connectivity index (χ4n) is 2.28. The van der Waals surface area contributed by atoms with Gasteiger partial charge in [0.1, 0.15) is 11.5 Å². The Hall–Kier alpha value is -2.61. The third kappa shape index (κ3) is 3.58. The van der Waals surface area contributed by atoms with Gasteiger partial charge in [0.2, 0.25) is 0 Å². The second kappa shape index (κ2) is 7.10. The molecule has 0 aliphatic heterocycles. The quantitative estimate of drug-likeness (QED) is 0.650. The fraction of sp³-hybridized carbons (Fsp3) is 0.0588. The van der Waals surface area contributed by atoms with E-state index >= 15 is 0 Å². The molecule has 0 radical (unpaired) electrons. The van der Waals surface area contributed by atoms with E-state index < -0.39 is 34.7 Å². The lowest BCUT2D eigenvalue weighted by atomic mass is 10.2. The molecule has 1 N–H and O–H groups in total. The number of hydrogen-bond acceptors (Lipinski definition) is 2. The van der Waals surface area contributed by atoms with Crippen molar-refractivity contribution >= 4 is 27.5 Å². The number of carbonyl (C=O) groups is 1.